The van der Waals surface area contributed by atoms with E-state index in [0.29, 0.717) is 30.3 Å². The van der Waals surface area contributed by atoms with Crippen LogP contribution in [0, 0.1) is 12.8 Å². The van der Waals surface area contributed by atoms with Gasteiger partial charge < -0.3 is 5.11 Å². The average molecular weight is 287 g/mol. The summed E-state index contributed by atoms with van der Waals surface area (Å²) in [5.41, 5.74) is 0.976. The van der Waals surface area contributed by atoms with Gasteiger partial charge >= 0.3 is 0 Å². The Bertz CT molecular complexity index is 538. The predicted octanol–water partition coefficient (Wildman–Crippen LogP) is 1.02. The van der Waals surface area contributed by atoms with Gasteiger partial charge in [-0.05, 0) is 25.7 Å². The number of aliphatic hydroxyl groups is 1. The molecule has 0 amide bonds. The van der Waals surface area contributed by atoms with Gasteiger partial charge in [0, 0.05) is 24.3 Å². The molecule has 1 aromatic heterocycles. The van der Waals surface area contributed by atoms with E-state index in [1.807, 2.05) is 0 Å². The molecule has 1 aliphatic heterocycles. The molecule has 2 rings (SSSR count). The highest BCUT2D eigenvalue weighted by Gasteiger charge is 2.35. The number of nitrogens with one attached hydrogen (secondary N) is 1. The first kappa shape index (κ1) is 14.5. The molecule has 0 bridgehead atoms. The number of hydrogen-bond donors (Lipinski definition) is 2. The first-order valence-electron chi connectivity index (χ1n) is 6.65. The van der Waals surface area contributed by atoms with E-state index in [1.54, 1.807) is 6.92 Å². The van der Waals surface area contributed by atoms with Gasteiger partial charge in [-0.25, -0.2) is 8.42 Å². The number of aryl methyl sites for hydroxylation is 1. The van der Waals surface area contributed by atoms with Crippen LogP contribution < -0.4 is 0 Å². The zero-order valence-electron chi connectivity index (χ0n) is 11.4. The Morgan fingerprint density at radius 1 is 1.53 bits per heavy atom. The van der Waals surface area contributed by atoms with Gasteiger partial charge in [0.15, 0.2) is 5.03 Å². The maximum absolute atomic E-state index is 12.5. The van der Waals surface area contributed by atoms with Crippen molar-refractivity contribution in [2.24, 2.45) is 5.92 Å². The molecule has 1 atom stereocenters. The van der Waals surface area contributed by atoms with Crippen molar-refractivity contribution in [3.8, 4) is 0 Å². The lowest BCUT2D eigenvalue weighted by atomic mass is 10.0. The molecule has 1 unspecified atom stereocenters. The summed E-state index contributed by atoms with van der Waals surface area (Å²) < 4.78 is 26.5. The molecule has 0 aromatic carbocycles. The SMILES string of the molecule is CCCC1CCN(S(=O)(=O)c2n[nH]c(C)c2CO)C1. The largest absolute Gasteiger partial charge is 0.392 e. The molecule has 19 heavy (non-hydrogen) atoms. The van der Waals surface area contributed by atoms with Crippen molar-refractivity contribution in [1.29, 1.82) is 0 Å². The second-order valence-corrected chi connectivity index (χ2v) is 6.95. The molecule has 1 fully saturated rings. The molecule has 6 nitrogen and oxygen atoms in total. The minimum absolute atomic E-state index is 0.0235. The van der Waals surface area contributed by atoms with E-state index in [0.717, 1.165) is 19.3 Å². The molecule has 0 aliphatic carbocycles. The molecule has 0 saturated carbocycles. The average Bonchev–Trinajstić information content (AvgIpc) is 2.96. The molecule has 1 saturated heterocycles. The first-order chi connectivity index (χ1) is 9.00. The number of aromatic nitrogens is 2. The third-order valence-corrected chi connectivity index (χ3v) is 5.56. The molecule has 7 heteroatoms. The van der Waals surface area contributed by atoms with Crippen LogP contribution in [0.3, 0.4) is 0 Å². The van der Waals surface area contributed by atoms with Crippen LogP contribution in [0.15, 0.2) is 5.03 Å². The Balaban J connectivity index is 2.23. The summed E-state index contributed by atoms with van der Waals surface area (Å²) in [5.74, 6) is 0.442. The van der Waals surface area contributed by atoms with E-state index >= 15 is 0 Å². The summed E-state index contributed by atoms with van der Waals surface area (Å²) in [5, 5.41) is 15.8. The minimum Gasteiger partial charge on any atom is -0.392 e. The fraction of sp³-hybridized carbons (Fsp3) is 0.750. The Labute approximate surface area is 113 Å². The van der Waals surface area contributed by atoms with Crippen molar-refractivity contribution in [1.82, 2.24) is 14.5 Å². The maximum Gasteiger partial charge on any atom is 0.262 e. The van der Waals surface area contributed by atoms with Crippen LogP contribution in [0.2, 0.25) is 0 Å². The summed E-state index contributed by atoms with van der Waals surface area (Å²) in [4.78, 5) is 0. The number of hydrogen-bond acceptors (Lipinski definition) is 4. The topological polar surface area (TPSA) is 86.3 Å². The zero-order valence-corrected chi connectivity index (χ0v) is 12.2. The second-order valence-electron chi connectivity index (χ2n) is 5.10. The highest BCUT2D eigenvalue weighted by atomic mass is 32.2. The molecule has 108 valence electrons. The highest BCUT2D eigenvalue weighted by molar-refractivity contribution is 7.89. The van der Waals surface area contributed by atoms with Crippen LogP contribution in [-0.2, 0) is 16.6 Å². The lowest BCUT2D eigenvalue weighted by molar-refractivity contribution is 0.277. The normalized spacial score (nSPS) is 21.1. The molecular weight excluding hydrogens is 266 g/mol. The van der Waals surface area contributed by atoms with E-state index < -0.39 is 10.0 Å². The summed E-state index contributed by atoms with van der Waals surface area (Å²) in [6.45, 7) is 4.61. The third-order valence-electron chi connectivity index (χ3n) is 3.72. The molecule has 2 heterocycles. The number of aromatic amines is 1. The number of aliphatic hydroxyl groups excluding tert-OH is 1. The van der Waals surface area contributed by atoms with Gasteiger partial charge in [0.25, 0.3) is 10.0 Å². The van der Waals surface area contributed by atoms with E-state index in [1.165, 1.54) is 4.31 Å². The second kappa shape index (κ2) is 5.60. The van der Waals surface area contributed by atoms with E-state index in [-0.39, 0.29) is 11.6 Å². The fourth-order valence-corrected chi connectivity index (χ4v) is 4.30. The number of H-pyrrole nitrogens is 1. The Hall–Kier alpha value is -0.920. The Morgan fingerprint density at radius 3 is 2.89 bits per heavy atom. The molecule has 0 spiro atoms. The summed E-state index contributed by atoms with van der Waals surface area (Å²) in [6.07, 6.45) is 3.03. The molecule has 0 radical (unpaired) electrons. The summed E-state index contributed by atoms with van der Waals surface area (Å²) in [6, 6.07) is 0. The molecule has 1 aliphatic rings. The van der Waals surface area contributed by atoms with Gasteiger partial charge in [0.05, 0.1) is 6.61 Å². The minimum atomic E-state index is -3.58. The Morgan fingerprint density at radius 2 is 2.26 bits per heavy atom. The maximum atomic E-state index is 12.5. The van der Waals surface area contributed by atoms with Crippen molar-refractivity contribution in [3.63, 3.8) is 0 Å². The smallest absolute Gasteiger partial charge is 0.262 e. The predicted molar refractivity (Wildman–Crippen MR) is 71.0 cm³/mol. The van der Waals surface area contributed by atoms with Crippen LogP contribution in [0.25, 0.3) is 0 Å². The van der Waals surface area contributed by atoms with Crippen LogP contribution in [0.4, 0.5) is 0 Å². The van der Waals surface area contributed by atoms with E-state index in [4.69, 9.17) is 0 Å². The number of sulfonamides is 1. The summed E-state index contributed by atoms with van der Waals surface area (Å²) in [7, 11) is -3.58. The van der Waals surface area contributed by atoms with Gasteiger partial charge in [-0.2, -0.15) is 9.40 Å². The lowest BCUT2D eigenvalue weighted by Crippen LogP contribution is -2.30. The number of nitrogens with zero attached hydrogens (tertiary/aromatic N) is 2. The van der Waals surface area contributed by atoms with Gasteiger partial charge in [-0.3, -0.25) is 5.10 Å². The van der Waals surface area contributed by atoms with Crippen LogP contribution in [0.1, 0.15) is 37.4 Å². The number of rotatable bonds is 5. The standard InChI is InChI=1S/C12H21N3O3S/c1-3-4-10-5-6-15(7-10)19(17,18)12-11(8-16)9(2)13-14-12/h10,16H,3-8H2,1-2H3,(H,13,14). The zero-order chi connectivity index (χ0) is 14.0. The highest BCUT2D eigenvalue weighted by Crippen LogP contribution is 2.28. The Kier molecular flexibility index (Phi) is 4.27. The monoisotopic (exact) mass is 287 g/mol. The van der Waals surface area contributed by atoms with Crippen molar-refractivity contribution in [2.45, 2.75) is 44.7 Å². The van der Waals surface area contributed by atoms with Crippen LogP contribution >= 0.6 is 0 Å². The molecular formula is C12H21N3O3S. The quantitative estimate of drug-likeness (QED) is 0.846. The van der Waals surface area contributed by atoms with Crippen LogP contribution in [-0.4, -0.2) is 41.1 Å². The molecule has 1 aromatic rings. The summed E-state index contributed by atoms with van der Waals surface area (Å²) >= 11 is 0. The van der Waals surface area contributed by atoms with Crippen molar-refractivity contribution in [2.75, 3.05) is 13.1 Å². The van der Waals surface area contributed by atoms with Crippen molar-refractivity contribution < 1.29 is 13.5 Å². The van der Waals surface area contributed by atoms with Gasteiger partial charge in [0.2, 0.25) is 0 Å². The first-order valence-corrected chi connectivity index (χ1v) is 8.09. The van der Waals surface area contributed by atoms with E-state index in [2.05, 4.69) is 17.1 Å². The van der Waals surface area contributed by atoms with E-state index in [9.17, 15) is 13.5 Å². The fourth-order valence-electron chi connectivity index (χ4n) is 2.61. The van der Waals surface area contributed by atoms with Gasteiger partial charge in [0.1, 0.15) is 0 Å². The van der Waals surface area contributed by atoms with Crippen molar-refractivity contribution >= 4 is 10.0 Å². The van der Waals surface area contributed by atoms with Crippen molar-refractivity contribution in [3.05, 3.63) is 11.3 Å². The third kappa shape index (κ3) is 2.68. The van der Waals surface area contributed by atoms with Crippen LogP contribution in [0.5, 0.6) is 0 Å². The van der Waals surface area contributed by atoms with Gasteiger partial charge in [-0.15, -0.1) is 0 Å². The molecule has 2 N–H and O–H groups in total. The lowest BCUT2D eigenvalue weighted by Gasteiger charge is -2.15. The van der Waals surface area contributed by atoms with Gasteiger partial charge in [-0.1, -0.05) is 13.3 Å².